The van der Waals surface area contributed by atoms with E-state index in [0.717, 1.165) is 6.07 Å². The Morgan fingerprint density at radius 1 is 1.44 bits per heavy atom. The van der Waals surface area contributed by atoms with Crippen LogP contribution in [0.5, 0.6) is 5.75 Å². The predicted octanol–water partition coefficient (Wildman–Crippen LogP) is 3.19. The number of rotatable bonds is 4. The van der Waals surface area contributed by atoms with Crippen LogP contribution >= 0.6 is 0 Å². The van der Waals surface area contributed by atoms with Crippen LogP contribution in [0.2, 0.25) is 0 Å². The number of hydrogen-bond donors (Lipinski definition) is 0. The van der Waals surface area contributed by atoms with E-state index in [1.807, 2.05) is 0 Å². The van der Waals surface area contributed by atoms with Crippen molar-refractivity contribution in [3.05, 3.63) is 29.1 Å². The third-order valence-corrected chi connectivity index (χ3v) is 2.13. The molecule has 5 heteroatoms. The number of carbonyl (C=O) groups is 1. The molecule has 0 bridgehead atoms. The normalized spacial score (nSPS) is 10.6. The molecule has 2 nitrogen and oxygen atoms in total. The van der Waals surface area contributed by atoms with Crippen molar-refractivity contribution in [2.75, 3.05) is 0 Å². The number of Topliss-reactive ketones (excluding diaryl/α,β-unsaturated/α-hetero) is 1. The molecule has 1 aromatic carbocycles. The van der Waals surface area contributed by atoms with Gasteiger partial charge in [-0.1, -0.05) is 6.92 Å². The van der Waals surface area contributed by atoms with E-state index < -0.39 is 18.2 Å². The second-order valence-corrected chi connectivity index (χ2v) is 3.23. The van der Waals surface area contributed by atoms with Gasteiger partial charge >= 0.3 is 6.61 Å². The zero-order valence-corrected chi connectivity index (χ0v) is 8.89. The molecule has 0 aromatic heterocycles. The fourth-order valence-corrected chi connectivity index (χ4v) is 1.35. The number of benzene rings is 1. The van der Waals surface area contributed by atoms with Gasteiger partial charge in [-0.15, -0.1) is 0 Å². The molecule has 0 aliphatic rings. The van der Waals surface area contributed by atoms with E-state index in [2.05, 4.69) is 4.74 Å². The number of halogens is 3. The molecule has 1 aromatic rings. The topological polar surface area (TPSA) is 26.3 Å². The van der Waals surface area contributed by atoms with Gasteiger partial charge in [-0.3, -0.25) is 4.79 Å². The smallest absolute Gasteiger partial charge is 0.387 e. The van der Waals surface area contributed by atoms with E-state index in [4.69, 9.17) is 0 Å². The van der Waals surface area contributed by atoms with E-state index >= 15 is 0 Å². The zero-order valence-electron chi connectivity index (χ0n) is 8.89. The van der Waals surface area contributed by atoms with Gasteiger partial charge in [0.1, 0.15) is 11.6 Å². The van der Waals surface area contributed by atoms with E-state index in [9.17, 15) is 18.0 Å². The summed E-state index contributed by atoms with van der Waals surface area (Å²) in [6, 6.07) is 2.07. The summed E-state index contributed by atoms with van der Waals surface area (Å²) in [7, 11) is 0. The van der Waals surface area contributed by atoms with E-state index in [0.29, 0.717) is 12.0 Å². The van der Waals surface area contributed by atoms with Gasteiger partial charge in [0, 0.05) is 6.07 Å². The quantitative estimate of drug-likeness (QED) is 0.745. The van der Waals surface area contributed by atoms with E-state index in [1.54, 1.807) is 6.92 Å². The Bertz CT molecular complexity index is 402. The van der Waals surface area contributed by atoms with Crippen LogP contribution in [0.15, 0.2) is 12.1 Å². The van der Waals surface area contributed by atoms with Crippen molar-refractivity contribution < 1.29 is 22.7 Å². The van der Waals surface area contributed by atoms with Crippen molar-refractivity contribution >= 4 is 5.78 Å². The zero-order chi connectivity index (χ0) is 12.3. The summed E-state index contributed by atoms with van der Waals surface area (Å²) in [6.45, 7) is -0.0890. The summed E-state index contributed by atoms with van der Waals surface area (Å²) >= 11 is 0. The maximum atomic E-state index is 13.3. The average molecular weight is 232 g/mol. The molecule has 0 saturated carbocycles. The summed E-state index contributed by atoms with van der Waals surface area (Å²) in [4.78, 5) is 11.0. The first-order valence-electron chi connectivity index (χ1n) is 4.73. The molecule has 1 rings (SSSR count). The first-order chi connectivity index (χ1) is 7.45. The van der Waals surface area contributed by atoms with Crippen LogP contribution in [0.4, 0.5) is 13.2 Å². The van der Waals surface area contributed by atoms with Crippen LogP contribution in [0, 0.1) is 5.82 Å². The van der Waals surface area contributed by atoms with Crippen molar-refractivity contribution in [1.82, 2.24) is 0 Å². The van der Waals surface area contributed by atoms with Crippen LogP contribution in [0.25, 0.3) is 0 Å². The summed E-state index contributed by atoms with van der Waals surface area (Å²) in [5, 5.41) is 0. The first-order valence-corrected chi connectivity index (χ1v) is 4.73. The third-order valence-electron chi connectivity index (χ3n) is 2.13. The Hall–Kier alpha value is -1.52. The lowest BCUT2D eigenvalue weighted by atomic mass is 10.0. The molecule has 0 radical (unpaired) electrons. The molecule has 0 unspecified atom stereocenters. The second-order valence-electron chi connectivity index (χ2n) is 3.23. The first kappa shape index (κ1) is 12.5. The van der Waals surface area contributed by atoms with Crippen molar-refractivity contribution in [3.8, 4) is 5.75 Å². The molecule has 16 heavy (non-hydrogen) atoms. The highest BCUT2D eigenvalue weighted by Gasteiger charge is 2.15. The maximum Gasteiger partial charge on any atom is 0.387 e. The van der Waals surface area contributed by atoms with E-state index in [1.165, 1.54) is 13.0 Å². The predicted molar refractivity (Wildman–Crippen MR) is 52.4 cm³/mol. The molecule has 0 spiro atoms. The van der Waals surface area contributed by atoms with Gasteiger partial charge in [0.15, 0.2) is 5.78 Å². The summed E-state index contributed by atoms with van der Waals surface area (Å²) in [5.74, 6) is -1.52. The summed E-state index contributed by atoms with van der Waals surface area (Å²) in [5.41, 5.74) is 0.269. The average Bonchev–Trinajstić information content (AvgIpc) is 2.16. The van der Waals surface area contributed by atoms with Gasteiger partial charge in [0.25, 0.3) is 0 Å². The van der Waals surface area contributed by atoms with Gasteiger partial charge in [-0.2, -0.15) is 8.78 Å². The Balaban J connectivity index is 3.21. The Labute approximate surface area is 91.0 Å². The number of carbonyl (C=O) groups excluding carboxylic acids is 1. The molecule has 0 atom stereocenters. The Morgan fingerprint density at radius 3 is 2.50 bits per heavy atom. The largest absolute Gasteiger partial charge is 0.434 e. The second kappa shape index (κ2) is 5.01. The summed E-state index contributed by atoms with van der Waals surface area (Å²) in [6.07, 6.45) is 0.378. The molecule has 0 N–H and O–H groups in total. The highest BCUT2D eigenvalue weighted by Crippen LogP contribution is 2.25. The molecular formula is C11H11F3O2. The molecule has 0 heterocycles. The summed E-state index contributed by atoms with van der Waals surface area (Å²) < 4.78 is 41.5. The van der Waals surface area contributed by atoms with E-state index in [-0.39, 0.29) is 11.3 Å². The van der Waals surface area contributed by atoms with Crippen LogP contribution in [-0.4, -0.2) is 12.4 Å². The molecule has 0 amide bonds. The number of aryl methyl sites for hydroxylation is 1. The minimum Gasteiger partial charge on any atom is -0.434 e. The fraction of sp³-hybridized carbons (Fsp3) is 0.364. The van der Waals surface area contributed by atoms with Gasteiger partial charge in [-0.25, -0.2) is 4.39 Å². The lowest BCUT2D eigenvalue weighted by molar-refractivity contribution is -0.0505. The lowest BCUT2D eigenvalue weighted by Crippen LogP contribution is -2.07. The van der Waals surface area contributed by atoms with Crippen LogP contribution in [-0.2, 0) is 6.42 Å². The standard InChI is InChI=1S/C11H11F3O2/c1-3-7-4-8(6(2)15)9(12)5-10(7)16-11(13)14/h4-5,11H,3H2,1-2H3. The van der Waals surface area contributed by atoms with Crippen molar-refractivity contribution in [2.24, 2.45) is 0 Å². The molecule has 0 saturated heterocycles. The van der Waals surface area contributed by atoms with Crippen LogP contribution < -0.4 is 4.74 Å². The van der Waals surface area contributed by atoms with Crippen molar-refractivity contribution in [2.45, 2.75) is 26.9 Å². The number of ketones is 1. The lowest BCUT2D eigenvalue weighted by Gasteiger charge is -2.11. The molecule has 0 aliphatic heterocycles. The number of ether oxygens (including phenoxy) is 1. The minimum atomic E-state index is -3.01. The SMILES string of the molecule is CCc1cc(C(C)=O)c(F)cc1OC(F)F. The van der Waals surface area contributed by atoms with Gasteiger partial charge < -0.3 is 4.74 Å². The number of alkyl halides is 2. The van der Waals surface area contributed by atoms with Crippen molar-refractivity contribution in [1.29, 1.82) is 0 Å². The van der Waals surface area contributed by atoms with Crippen molar-refractivity contribution in [3.63, 3.8) is 0 Å². The Morgan fingerprint density at radius 2 is 2.06 bits per heavy atom. The van der Waals surface area contributed by atoms with Crippen LogP contribution in [0.3, 0.4) is 0 Å². The minimum absolute atomic E-state index is 0.113. The molecular weight excluding hydrogens is 221 g/mol. The Kier molecular flexibility index (Phi) is 3.93. The van der Waals surface area contributed by atoms with Gasteiger partial charge in [0.2, 0.25) is 0 Å². The molecule has 0 fully saturated rings. The monoisotopic (exact) mass is 232 g/mol. The fourth-order valence-electron chi connectivity index (χ4n) is 1.35. The van der Waals surface area contributed by atoms with Gasteiger partial charge in [-0.05, 0) is 25.0 Å². The van der Waals surface area contributed by atoms with Gasteiger partial charge in [0.05, 0.1) is 5.56 Å². The van der Waals surface area contributed by atoms with Crippen LogP contribution in [0.1, 0.15) is 29.8 Å². The highest BCUT2D eigenvalue weighted by atomic mass is 19.3. The molecule has 0 aliphatic carbocycles. The molecule has 88 valence electrons. The third kappa shape index (κ3) is 2.74. The number of hydrogen-bond acceptors (Lipinski definition) is 2. The maximum absolute atomic E-state index is 13.3. The highest BCUT2D eigenvalue weighted by molar-refractivity contribution is 5.94.